The van der Waals surface area contributed by atoms with Crippen LogP contribution in [0.2, 0.25) is 0 Å². The summed E-state index contributed by atoms with van der Waals surface area (Å²) < 4.78 is 30.8. The first-order valence-corrected chi connectivity index (χ1v) is 6.27. The van der Waals surface area contributed by atoms with Crippen molar-refractivity contribution in [1.82, 2.24) is 5.16 Å². The molecule has 0 aliphatic rings. The fourth-order valence-corrected chi connectivity index (χ4v) is 2.24. The number of aromatic nitrogens is 1. The fraction of sp³-hybridized carbons (Fsp3) is 0.100. The largest absolute Gasteiger partial charge is 0.399 e. The predicted molar refractivity (Wildman–Crippen MR) is 62.9 cm³/mol. The van der Waals surface area contributed by atoms with Gasteiger partial charge in [0.05, 0.1) is 4.90 Å². The molecular formula is C10H11AgN3O3S. The van der Waals surface area contributed by atoms with Crippen LogP contribution in [0.25, 0.3) is 0 Å². The summed E-state index contributed by atoms with van der Waals surface area (Å²) in [5.74, 6) is 0.680. The van der Waals surface area contributed by atoms with Crippen LogP contribution in [-0.2, 0) is 32.4 Å². The van der Waals surface area contributed by atoms with Crippen LogP contribution in [-0.4, -0.2) is 13.6 Å². The molecule has 1 aromatic carbocycles. The van der Waals surface area contributed by atoms with E-state index in [1.54, 1.807) is 6.92 Å². The van der Waals surface area contributed by atoms with Gasteiger partial charge in [-0.3, -0.25) is 4.72 Å². The van der Waals surface area contributed by atoms with Gasteiger partial charge in [0.15, 0.2) is 5.82 Å². The Morgan fingerprint density at radius 2 is 1.89 bits per heavy atom. The fourth-order valence-electron chi connectivity index (χ4n) is 1.26. The van der Waals surface area contributed by atoms with Crippen LogP contribution >= 0.6 is 0 Å². The Bertz CT molecular complexity index is 622. The number of hydrogen-bond donors (Lipinski definition) is 2. The minimum atomic E-state index is -3.64. The van der Waals surface area contributed by atoms with Crippen molar-refractivity contribution in [2.75, 3.05) is 10.5 Å². The summed E-state index contributed by atoms with van der Waals surface area (Å²) in [5.41, 5.74) is 5.98. The summed E-state index contributed by atoms with van der Waals surface area (Å²) >= 11 is 0. The molecule has 0 bridgehead atoms. The van der Waals surface area contributed by atoms with Crippen LogP contribution in [0, 0.1) is 6.92 Å². The number of rotatable bonds is 3. The summed E-state index contributed by atoms with van der Waals surface area (Å²) in [7, 11) is -3.64. The van der Waals surface area contributed by atoms with Gasteiger partial charge in [0, 0.05) is 34.1 Å². The van der Waals surface area contributed by atoms with Gasteiger partial charge in [0.25, 0.3) is 10.0 Å². The molecule has 6 nitrogen and oxygen atoms in total. The smallest absolute Gasteiger partial charge is 0.263 e. The van der Waals surface area contributed by atoms with E-state index >= 15 is 0 Å². The van der Waals surface area contributed by atoms with E-state index in [1.807, 2.05) is 0 Å². The summed E-state index contributed by atoms with van der Waals surface area (Å²) in [6, 6.07) is 7.37. The molecule has 2 rings (SSSR count). The van der Waals surface area contributed by atoms with Gasteiger partial charge in [-0.2, -0.15) is 0 Å². The van der Waals surface area contributed by atoms with Crippen molar-refractivity contribution in [2.24, 2.45) is 0 Å². The number of anilines is 2. The molecule has 1 heterocycles. The van der Waals surface area contributed by atoms with Crippen LogP contribution in [0.3, 0.4) is 0 Å². The van der Waals surface area contributed by atoms with E-state index in [2.05, 4.69) is 9.88 Å². The number of hydrogen-bond acceptors (Lipinski definition) is 5. The molecule has 0 aliphatic heterocycles. The van der Waals surface area contributed by atoms with Crippen LogP contribution in [0.15, 0.2) is 39.8 Å². The minimum Gasteiger partial charge on any atom is -0.399 e. The Labute approximate surface area is 120 Å². The van der Waals surface area contributed by atoms with Crippen molar-refractivity contribution in [2.45, 2.75) is 11.8 Å². The van der Waals surface area contributed by atoms with Gasteiger partial charge < -0.3 is 10.3 Å². The van der Waals surface area contributed by atoms with Gasteiger partial charge in [-0.25, -0.2) is 8.42 Å². The van der Waals surface area contributed by atoms with E-state index in [9.17, 15) is 8.42 Å². The summed E-state index contributed by atoms with van der Waals surface area (Å²) in [4.78, 5) is 0.118. The topological polar surface area (TPSA) is 98.2 Å². The van der Waals surface area contributed by atoms with E-state index in [1.165, 1.54) is 30.3 Å². The van der Waals surface area contributed by atoms with Gasteiger partial charge >= 0.3 is 0 Å². The Morgan fingerprint density at radius 3 is 2.39 bits per heavy atom. The van der Waals surface area contributed by atoms with Gasteiger partial charge in [-0.15, -0.1) is 0 Å². The molecule has 3 N–H and O–H groups in total. The van der Waals surface area contributed by atoms with E-state index in [0.29, 0.717) is 11.4 Å². The van der Waals surface area contributed by atoms with E-state index < -0.39 is 10.0 Å². The van der Waals surface area contributed by atoms with Gasteiger partial charge in [-0.1, -0.05) is 5.16 Å². The third-order valence-corrected chi connectivity index (χ3v) is 3.43. The minimum absolute atomic E-state index is 0. The third kappa shape index (κ3) is 3.36. The first-order valence-electron chi connectivity index (χ1n) is 4.79. The van der Waals surface area contributed by atoms with Crippen LogP contribution < -0.4 is 10.5 Å². The van der Waals surface area contributed by atoms with E-state index in [0.717, 1.165) is 0 Å². The average molecular weight is 361 g/mol. The monoisotopic (exact) mass is 360 g/mol. The Balaban J connectivity index is 0.00000162. The maximum Gasteiger partial charge on any atom is 0.263 e. The average Bonchev–Trinajstić information content (AvgIpc) is 2.63. The second kappa shape index (κ2) is 5.57. The van der Waals surface area contributed by atoms with Crippen molar-refractivity contribution >= 4 is 21.5 Å². The first kappa shape index (κ1) is 14.8. The maximum atomic E-state index is 11.9. The molecule has 0 fully saturated rings. The summed E-state index contributed by atoms with van der Waals surface area (Å²) in [5, 5.41) is 3.55. The number of nitrogens with one attached hydrogen (secondary N) is 1. The molecular weight excluding hydrogens is 350 g/mol. The molecule has 0 amide bonds. The number of aryl methyl sites for hydroxylation is 1. The van der Waals surface area contributed by atoms with Gasteiger partial charge in [0.1, 0.15) is 5.76 Å². The Hall–Kier alpha value is -1.28. The SMILES string of the molecule is Cc1cc(NS(=O)(=O)c2ccc(N)cc2)no1.[Ag]. The first-order chi connectivity index (χ1) is 7.97. The molecule has 0 atom stereocenters. The molecule has 18 heavy (non-hydrogen) atoms. The number of benzene rings is 1. The van der Waals surface area contributed by atoms with Crippen LogP contribution in [0.4, 0.5) is 11.5 Å². The second-order valence-electron chi connectivity index (χ2n) is 3.50. The number of sulfonamides is 1. The Kier molecular flexibility index (Phi) is 4.58. The molecule has 1 radical (unpaired) electrons. The molecule has 101 valence electrons. The quantitative estimate of drug-likeness (QED) is 0.636. The number of nitrogen functional groups attached to an aromatic ring is 1. The van der Waals surface area contributed by atoms with Crippen molar-refractivity contribution < 1.29 is 35.3 Å². The number of nitrogens with two attached hydrogens (primary N) is 1. The molecule has 0 saturated heterocycles. The number of nitrogens with zero attached hydrogens (tertiary/aromatic N) is 1. The Morgan fingerprint density at radius 1 is 1.28 bits per heavy atom. The zero-order valence-electron chi connectivity index (χ0n) is 9.35. The van der Waals surface area contributed by atoms with E-state index in [-0.39, 0.29) is 33.1 Å². The molecule has 0 spiro atoms. The molecule has 8 heteroatoms. The molecule has 0 aliphatic carbocycles. The zero-order valence-corrected chi connectivity index (χ0v) is 11.6. The van der Waals surface area contributed by atoms with E-state index in [4.69, 9.17) is 10.3 Å². The van der Waals surface area contributed by atoms with Crippen molar-refractivity contribution in [3.8, 4) is 0 Å². The van der Waals surface area contributed by atoms with Crippen molar-refractivity contribution in [1.29, 1.82) is 0 Å². The van der Waals surface area contributed by atoms with Gasteiger partial charge in [0.2, 0.25) is 0 Å². The van der Waals surface area contributed by atoms with Crippen molar-refractivity contribution in [3.63, 3.8) is 0 Å². The van der Waals surface area contributed by atoms with Crippen molar-refractivity contribution in [3.05, 3.63) is 36.1 Å². The van der Waals surface area contributed by atoms with Crippen LogP contribution in [0.5, 0.6) is 0 Å². The standard InChI is InChI=1S/C10H11N3O3S.Ag/c1-7-6-10(12-16-7)13-17(14,15)9-4-2-8(11)3-5-9;/h2-6H,11H2,1H3,(H,12,13);. The summed E-state index contributed by atoms with van der Waals surface area (Å²) in [6.45, 7) is 1.67. The molecule has 1 aromatic heterocycles. The third-order valence-electron chi connectivity index (χ3n) is 2.06. The zero-order chi connectivity index (χ0) is 12.5. The van der Waals surface area contributed by atoms with Gasteiger partial charge in [-0.05, 0) is 31.2 Å². The second-order valence-corrected chi connectivity index (χ2v) is 5.18. The molecule has 0 unspecified atom stereocenters. The predicted octanol–water partition coefficient (Wildman–Crippen LogP) is 1.36. The normalized spacial score (nSPS) is 10.7. The maximum absolute atomic E-state index is 11.9. The summed E-state index contributed by atoms with van der Waals surface area (Å²) in [6.07, 6.45) is 0. The van der Waals surface area contributed by atoms with Crippen LogP contribution in [0.1, 0.15) is 5.76 Å². The molecule has 2 aromatic rings. The molecule has 0 saturated carbocycles.